The van der Waals surface area contributed by atoms with Crippen molar-refractivity contribution in [2.24, 2.45) is 7.05 Å². The summed E-state index contributed by atoms with van der Waals surface area (Å²) in [5, 5.41) is 9.46. The zero-order valence-corrected chi connectivity index (χ0v) is 10.7. The van der Waals surface area contributed by atoms with Gasteiger partial charge >= 0.3 is 0 Å². The Morgan fingerprint density at radius 3 is 2.88 bits per heavy atom. The summed E-state index contributed by atoms with van der Waals surface area (Å²) < 4.78 is 16.0. The van der Waals surface area contributed by atoms with Crippen molar-refractivity contribution in [1.82, 2.24) is 8.54 Å². The van der Waals surface area contributed by atoms with E-state index in [0.717, 1.165) is 0 Å². The quantitative estimate of drug-likeness (QED) is 0.923. The molecular weight excluding hydrogens is 299 g/mol. The van der Waals surface area contributed by atoms with Crippen molar-refractivity contribution in [3.05, 3.63) is 32.8 Å². The average Bonchev–Trinajstić information content (AvgIpc) is 2.64. The summed E-state index contributed by atoms with van der Waals surface area (Å²) in [5.41, 5.74) is 0.576. The summed E-state index contributed by atoms with van der Waals surface area (Å²) >= 11 is 3.24. The second kappa shape index (κ2) is 4.23. The highest BCUT2D eigenvalue weighted by atomic mass is 79.9. The second-order valence-electron chi connectivity index (χ2n) is 3.31. The van der Waals surface area contributed by atoms with Gasteiger partial charge in [-0.2, -0.15) is 0 Å². The molecule has 7 heteroatoms. The predicted molar refractivity (Wildman–Crippen MR) is 64.9 cm³/mol. The van der Waals surface area contributed by atoms with Crippen LogP contribution < -0.4 is 5.56 Å². The fourth-order valence-corrected chi connectivity index (χ4v) is 2.88. The number of aliphatic hydroxyl groups is 1. The van der Waals surface area contributed by atoms with E-state index in [1.165, 1.54) is 14.6 Å². The lowest BCUT2D eigenvalue weighted by Crippen LogP contribution is -2.15. The highest BCUT2D eigenvalue weighted by molar-refractivity contribution is 9.10. The first-order valence-corrected chi connectivity index (χ1v) is 5.86. The van der Waals surface area contributed by atoms with Gasteiger partial charge in [-0.25, -0.2) is 0 Å². The number of pyridine rings is 1. The van der Waals surface area contributed by atoms with Crippen molar-refractivity contribution < 1.29 is 8.99 Å². The Morgan fingerprint density at radius 2 is 2.31 bits per heavy atom. The molecule has 0 bridgehead atoms. The van der Waals surface area contributed by atoms with Gasteiger partial charge in [-0.1, -0.05) is 0 Å². The van der Waals surface area contributed by atoms with Gasteiger partial charge in [-0.3, -0.25) is 8.77 Å². The number of hydrogen-bond acceptors (Lipinski definition) is 3. The highest BCUT2D eigenvalue weighted by Gasteiger charge is 2.15. The third-order valence-corrected chi connectivity index (χ3v) is 3.48. The summed E-state index contributed by atoms with van der Waals surface area (Å²) in [7, 11) is 1.62. The van der Waals surface area contributed by atoms with Gasteiger partial charge in [-0.15, -0.1) is 3.89 Å². The van der Waals surface area contributed by atoms with E-state index in [-0.39, 0.29) is 24.5 Å². The SMILES string of the molecule is Cn1cc(Br)c2c(cc(CO)n2SF)c1=O. The highest BCUT2D eigenvalue weighted by Crippen LogP contribution is 2.29. The standard InChI is InChI=1S/C9H8BrFN2O2S/c1-12-3-7(10)8-6(9(12)15)2-5(4-14)13(8)16-11/h2-3,14H,4H2,1H3. The molecule has 0 aliphatic rings. The summed E-state index contributed by atoms with van der Waals surface area (Å²) in [6.07, 6.45) is 1.57. The lowest BCUT2D eigenvalue weighted by Gasteiger charge is -2.04. The van der Waals surface area contributed by atoms with E-state index in [0.29, 0.717) is 21.1 Å². The Hall–Kier alpha value is -0.790. The minimum absolute atomic E-state index is 0.0366. The molecule has 0 atom stereocenters. The topological polar surface area (TPSA) is 47.2 Å². The van der Waals surface area contributed by atoms with Crippen LogP contribution in [-0.4, -0.2) is 13.6 Å². The molecule has 1 N–H and O–H groups in total. The first-order chi connectivity index (χ1) is 7.60. The van der Waals surface area contributed by atoms with Crippen LogP contribution in [0, 0.1) is 0 Å². The van der Waals surface area contributed by atoms with Gasteiger partial charge in [0.1, 0.15) is 0 Å². The third-order valence-electron chi connectivity index (χ3n) is 2.34. The summed E-state index contributed by atoms with van der Waals surface area (Å²) in [6, 6.07) is 1.50. The van der Waals surface area contributed by atoms with Gasteiger partial charge < -0.3 is 9.67 Å². The van der Waals surface area contributed by atoms with E-state index in [4.69, 9.17) is 5.11 Å². The molecule has 2 heterocycles. The minimum atomic E-state index is -0.318. The molecule has 2 aromatic rings. The Morgan fingerprint density at radius 1 is 1.62 bits per heavy atom. The number of nitrogens with zero attached hydrogens (tertiary/aromatic N) is 2. The molecule has 0 aromatic carbocycles. The van der Waals surface area contributed by atoms with Crippen LogP contribution in [0.15, 0.2) is 21.5 Å². The molecule has 0 fully saturated rings. The number of aryl methyl sites for hydroxylation is 1. The molecule has 0 aliphatic carbocycles. The number of aromatic nitrogens is 2. The number of rotatable bonds is 2. The predicted octanol–water partition coefficient (Wildman–Crippen LogP) is 1.98. The maximum absolute atomic E-state index is 12.8. The van der Waals surface area contributed by atoms with Crippen LogP contribution in [0.2, 0.25) is 0 Å². The van der Waals surface area contributed by atoms with E-state index < -0.39 is 0 Å². The number of fused-ring (bicyclic) bond motifs is 1. The molecule has 0 radical (unpaired) electrons. The van der Waals surface area contributed by atoms with Gasteiger partial charge in [0.15, 0.2) is 12.3 Å². The van der Waals surface area contributed by atoms with Gasteiger partial charge in [0.2, 0.25) is 0 Å². The summed E-state index contributed by atoms with van der Waals surface area (Å²) in [6.45, 7) is -0.318. The average molecular weight is 307 g/mol. The monoisotopic (exact) mass is 306 g/mol. The zero-order chi connectivity index (χ0) is 11.9. The number of hydrogen-bond donors (Lipinski definition) is 1. The molecule has 0 unspecified atom stereocenters. The van der Waals surface area contributed by atoms with Crippen LogP contribution in [0.4, 0.5) is 3.89 Å². The first kappa shape index (κ1) is 11.7. The zero-order valence-electron chi connectivity index (χ0n) is 8.28. The van der Waals surface area contributed by atoms with Crippen LogP contribution in [-0.2, 0) is 13.7 Å². The van der Waals surface area contributed by atoms with Crippen LogP contribution in [0.25, 0.3) is 10.9 Å². The summed E-state index contributed by atoms with van der Waals surface area (Å²) in [5.74, 6) is 0. The molecule has 2 aromatic heterocycles. The largest absolute Gasteiger partial charge is 0.390 e. The molecule has 4 nitrogen and oxygen atoms in total. The van der Waals surface area contributed by atoms with Crippen molar-refractivity contribution >= 4 is 39.2 Å². The second-order valence-corrected chi connectivity index (χ2v) is 4.67. The van der Waals surface area contributed by atoms with E-state index in [1.54, 1.807) is 13.2 Å². The lowest BCUT2D eigenvalue weighted by atomic mass is 10.3. The van der Waals surface area contributed by atoms with Crippen molar-refractivity contribution in [2.75, 3.05) is 0 Å². The molecule has 16 heavy (non-hydrogen) atoms. The Balaban J connectivity index is 2.97. The Labute approximate surface area is 103 Å². The van der Waals surface area contributed by atoms with E-state index in [9.17, 15) is 8.68 Å². The minimum Gasteiger partial charge on any atom is -0.390 e. The molecule has 86 valence electrons. The molecule has 0 aliphatic heterocycles. The Bertz CT molecular complexity index is 608. The van der Waals surface area contributed by atoms with Gasteiger partial charge in [0.05, 0.1) is 27.7 Å². The van der Waals surface area contributed by atoms with Gasteiger partial charge in [0.25, 0.3) is 5.56 Å². The van der Waals surface area contributed by atoms with Crippen molar-refractivity contribution in [3.8, 4) is 0 Å². The lowest BCUT2D eigenvalue weighted by molar-refractivity contribution is 0.276. The molecule has 0 amide bonds. The maximum atomic E-state index is 12.8. The molecule has 2 rings (SSSR count). The van der Waals surface area contributed by atoms with Gasteiger partial charge in [0, 0.05) is 13.2 Å². The Kier molecular flexibility index (Phi) is 3.09. The maximum Gasteiger partial charge on any atom is 0.259 e. The molecule has 0 spiro atoms. The smallest absolute Gasteiger partial charge is 0.259 e. The van der Waals surface area contributed by atoms with E-state index in [2.05, 4.69) is 15.9 Å². The molecule has 0 saturated heterocycles. The number of aliphatic hydroxyl groups excluding tert-OH is 1. The third kappa shape index (κ3) is 1.59. The normalized spacial score (nSPS) is 11.2. The van der Waals surface area contributed by atoms with Crippen LogP contribution in [0.1, 0.15) is 5.69 Å². The number of halogens is 2. The van der Waals surface area contributed by atoms with Crippen molar-refractivity contribution in [2.45, 2.75) is 6.61 Å². The summed E-state index contributed by atoms with van der Waals surface area (Å²) in [4.78, 5) is 11.8. The van der Waals surface area contributed by atoms with Gasteiger partial charge in [-0.05, 0) is 22.0 Å². The molecule has 0 saturated carbocycles. The van der Waals surface area contributed by atoms with Crippen LogP contribution >= 0.6 is 28.3 Å². The van der Waals surface area contributed by atoms with Crippen molar-refractivity contribution in [1.29, 1.82) is 0 Å². The van der Waals surface area contributed by atoms with Crippen LogP contribution in [0.5, 0.6) is 0 Å². The van der Waals surface area contributed by atoms with Crippen LogP contribution in [0.3, 0.4) is 0 Å². The van der Waals surface area contributed by atoms with E-state index >= 15 is 0 Å². The molecular formula is C9H8BrFN2O2S. The van der Waals surface area contributed by atoms with Crippen molar-refractivity contribution in [3.63, 3.8) is 0 Å². The van der Waals surface area contributed by atoms with E-state index in [1.807, 2.05) is 0 Å². The fraction of sp³-hybridized carbons (Fsp3) is 0.222. The first-order valence-electron chi connectivity index (χ1n) is 4.39. The fourth-order valence-electron chi connectivity index (χ4n) is 1.60.